The van der Waals surface area contributed by atoms with Crippen molar-refractivity contribution in [1.82, 2.24) is 0 Å². The van der Waals surface area contributed by atoms with E-state index in [1.165, 1.54) is 11.1 Å². The summed E-state index contributed by atoms with van der Waals surface area (Å²) in [5.41, 5.74) is 4.13. The van der Waals surface area contributed by atoms with Crippen LogP contribution in [0.2, 0.25) is 5.02 Å². The lowest BCUT2D eigenvalue weighted by Gasteiger charge is -2.14. The van der Waals surface area contributed by atoms with Crippen LogP contribution < -0.4 is 14.8 Å². The molecular weight excluding hydrogens is 386 g/mol. The number of hydrogen-bond donors (Lipinski definition) is 1. The molecule has 5 heteroatoms. The van der Waals surface area contributed by atoms with Crippen molar-refractivity contribution in [3.63, 3.8) is 0 Å². The third kappa shape index (κ3) is 5.52. The van der Waals surface area contributed by atoms with Crippen molar-refractivity contribution in [2.24, 2.45) is 0 Å². The minimum absolute atomic E-state index is 0.102. The van der Waals surface area contributed by atoms with Crippen LogP contribution in [0.5, 0.6) is 17.2 Å². The molecule has 0 heterocycles. The molecule has 0 spiro atoms. The molecular formula is C24H24ClNO3. The van der Waals surface area contributed by atoms with Crippen molar-refractivity contribution in [3.8, 4) is 17.2 Å². The SMILES string of the molecule is COc1ccccc1Oc1ccc(Cl)cc1NC(=O)CCc1ccc(C)c(C)c1. The molecule has 1 amide bonds. The van der Waals surface area contributed by atoms with Gasteiger partial charge in [-0.3, -0.25) is 4.79 Å². The number of amides is 1. The number of para-hydroxylation sites is 2. The second kappa shape index (κ2) is 9.48. The van der Waals surface area contributed by atoms with Gasteiger partial charge in [-0.25, -0.2) is 0 Å². The molecule has 0 saturated carbocycles. The van der Waals surface area contributed by atoms with Crippen LogP contribution in [-0.4, -0.2) is 13.0 Å². The molecule has 0 aliphatic carbocycles. The van der Waals surface area contributed by atoms with Crippen molar-refractivity contribution in [2.45, 2.75) is 26.7 Å². The largest absolute Gasteiger partial charge is 0.493 e. The second-order valence-electron chi connectivity index (χ2n) is 6.86. The fourth-order valence-corrected chi connectivity index (χ4v) is 3.11. The van der Waals surface area contributed by atoms with Gasteiger partial charge < -0.3 is 14.8 Å². The van der Waals surface area contributed by atoms with E-state index >= 15 is 0 Å². The van der Waals surface area contributed by atoms with Gasteiger partial charge in [-0.1, -0.05) is 41.9 Å². The van der Waals surface area contributed by atoms with Crippen LogP contribution in [0.25, 0.3) is 0 Å². The first-order valence-corrected chi connectivity index (χ1v) is 9.80. The topological polar surface area (TPSA) is 47.6 Å². The van der Waals surface area contributed by atoms with Gasteiger partial charge in [-0.2, -0.15) is 0 Å². The molecule has 3 aromatic rings. The highest BCUT2D eigenvalue weighted by Gasteiger charge is 2.12. The zero-order chi connectivity index (χ0) is 20.8. The number of methoxy groups -OCH3 is 1. The molecule has 0 saturated heterocycles. The van der Waals surface area contributed by atoms with E-state index in [2.05, 4.69) is 37.4 Å². The van der Waals surface area contributed by atoms with Gasteiger partial charge in [0.1, 0.15) is 0 Å². The highest BCUT2D eigenvalue weighted by Crippen LogP contribution is 2.36. The maximum atomic E-state index is 12.5. The summed E-state index contributed by atoms with van der Waals surface area (Å²) in [5, 5.41) is 3.43. The molecule has 0 bridgehead atoms. The lowest BCUT2D eigenvalue weighted by Crippen LogP contribution is -2.13. The molecule has 29 heavy (non-hydrogen) atoms. The van der Waals surface area contributed by atoms with E-state index in [9.17, 15) is 4.79 Å². The summed E-state index contributed by atoms with van der Waals surface area (Å²) >= 11 is 6.14. The summed E-state index contributed by atoms with van der Waals surface area (Å²) in [7, 11) is 1.58. The number of carbonyl (C=O) groups is 1. The predicted molar refractivity (Wildman–Crippen MR) is 117 cm³/mol. The van der Waals surface area contributed by atoms with Crippen LogP contribution in [0.15, 0.2) is 60.7 Å². The Labute approximate surface area is 176 Å². The van der Waals surface area contributed by atoms with Crippen LogP contribution in [0.3, 0.4) is 0 Å². The molecule has 0 aromatic heterocycles. The molecule has 0 radical (unpaired) electrons. The number of hydrogen-bond acceptors (Lipinski definition) is 3. The number of halogens is 1. The number of benzene rings is 3. The number of nitrogens with one attached hydrogen (secondary N) is 1. The summed E-state index contributed by atoms with van der Waals surface area (Å²) < 4.78 is 11.3. The van der Waals surface area contributed by atoms with Gasteiger partial charge in [0.15, 0.2) is 17.2 Å². The Morgan fingerprint density at radius 1 is 0.931 bits per heavy atom. The van der Waals surface area contributed by atoms with Crippen molar-refractivity contribution in [3.05, 3.63) is 82.4 Å². The second-order valence-corrected chi connectivity index (χ2v) is 7.30. The molecule has 4 nitrogen and oxygen atoms in total. The smallest absolute Gasteiger partial charge is 0.224 e. The van der Waals surface area contributed by atoms with Gasteiger partial charge in [-0.15, -0.1) is 0 Å². The van der Waals surface area contributed by atoms with Crippen LogP contribution in [0.4, 0.5) is 5.69 Å². The van der Waals surface area contributed by atoms with E-state index in [0.717, 1.165) is 5.56 Å². The van der Waals surface area contributed by atoms with Gasteiger partial charge in [0.25, 0.3) is 0 Å². The Morgan fingerprint density at radius 3 is 2.41 bits per heavy atom. The molecule has 0 fully saturated rings. The molecule has 0 atom stereocenters. The summed E-state index contributed by atoms with van der Waals surface area (Å²) in [4.78, 5) is 12.5. The summed E-state index contributed by atoms with van der Waals surface area (Å²) in [6, 6.07) is 18.7. The number of ether oxygens (including phenoxy) is 2. The average Bonchev–Trinajstić information content (AvgIpc) is 2.71. The Bertz CT molecular complexity index is 1020. The van der Waals surface area contributed by atoms with Gasteiger partial charge in [0, 0.05) is 11.4 Å². The van der Waals surface area contributed by atoms with E-state index in [1.807, 2.05) is 18.2 Å². The first kappa shape index (κ1) is 20.7. The summed E-state index contributed by atoms with van der Waals surface area (Å²) in [6.45, 7) is 4.15. The average molecular weight is 410 g/mol. The third-order valence-corrected chi connectivity index (χ3v) is 4.95. The molecule has 150 valence electrons. The van der Waals surface area contributed by atoms with Crippen LogP contribution in [0.1, 0.15) is 23.1 Å². The minimum atomic E-state index is -0.102. The predicted octanol–water partition coefficient (Wildman–Crippen LogP) is 6.33. The van der Waals surface area contributed by atoms with Gasteiger partial charge >= 0.3 is 0 Å². The van der Waals surface area contributed by atoms with Crippen molar-refractivity contribution < 1.29 is 14.3 Å². The number of aryl methyl sites for hydroxylation is 3. The zero-order valence-electron chi connectivity index (χ0n) is 16.8. The highest BCUT2D eigenvalue weighted by molar-refractivity contribution is 6.31. The Kier molecular flexibility index (Phi) is 6.78. The van der Waals surface area contributed by atoms with E-state index in [4.69, 9.17) is 21.1 Å². The molecule has 3 aromatic carbocycles. The van der Waals surface area contributed by atoms with Gasteiger partial charge in [-0.05, 0) is 67.3 Å². The minimum Gasteiger partial charge on any atom is -0.493 e. The van der Waals surface area contributed by atoms with E-state index in [1.54, 1.807) is 31.4 Å². The van der Waals surface area contributed by atoms with Gasteiger partial charge in [0.2, 0.25) is 5.91 Å². The van der Waals surface area contributed by atoms with Crippen LogP contribution in [-0.2, 0) is 11.2 Å². The number of carbonyl (C=O) groups excluding carboxylic acids is 1. The van der Waals surface area contributed by atoms with Crippen LogP contribution >= 0.6 is 11.6 Å². The molecule has 3 rings (SSSR count). The maximum Gasteiger partial charge on any atom is 0.224 e. The third-order valence-electron chi connectivity index (χ3n) is 4.72. The maximum absolute atomic E-state index is 12.5. The monoisotopic (exact) mass is 409 g/mol. The quantitative estimate of drug-likeness (QED) is 0.496. The zero-order valence-corrected chi connectivity index (χ0v) is 17.5. The normalized spacial score (nSPS) is 10.5. The standard InChI is InChI=1S/C24H24ClNO3/c1-16-8-9-18(14-17(16)2)10-13-24(27)26-20-15-19(25)11-12-21(20)29-23-7-5-4-6-22(23)28-3/h4-9,11-12,14-15H,10,13H2,1-3H3,(H,26,27). The first-order chi connectivity index (χ1) is 14.0. The van der Waals surface area contributed by atoms with Gasteiger partial charge in [0.05, 0.1) is 12.8 Å². The Morgan fingerprint density at radius 2 is 1.69 bits per heavy atom. The molecule has 0 aliphatic rings. The van der Waals surface area contributed by atoms with E-state index in [-0.39, 0.29) is 5.91 Å². The Balaban J connectivity index is 1.71. The summed E-state index contributed by atoms with van der Waals surface area (Å²) in [5.74, 6) is 1.56. The molecule has 0 unspecified atom stereocenters. The van der Waals surface area contributed by atoms with E-state index < -0.39 is 0 Å². The Hall–Kier alpha value is -2.98. The van der Waals surface area contributed by atoms with Crippen LogP contribution in [0, 0.1) is 13.8 Å². The van der Waals surface area contributed by atoms with E-state index in [0.29, 0.717) is 40.8 Å². The lowest BCUT2D eigenvalue weighted by atomic mass is 10.0. The molecule has 1 N–H and O–H groups in total. The highest BCUT2D eigenvalue weighted by atomic mass is 35.5. The first-order valence-electron chi connectivity index (χ1n) is 9.42. The fraction of sp³-hybridized carbons (Fsp3) is 0.208. The fourth-order valence-electron chi connectivity index (χ4n) is 2.94. The summed E-state index contributed by atoms with van der Waals surface area (Å²) in [6.07, 6.45) is 1.03. The number of rotatable bonds is 7. The van der Waals surface area contributed by atoms with Crippen molar-refractivity contribution in [1.29, 1.82) is 0 Å². The molecule has 0 aliphatic heterocycles. The lowest BCUT2D eigenvalue weighted by molar-refractivity contribution is -0.116. The number of anilines is 1. The van der Waals surface area contributed by atoms with Crippen molar-refractivity contribution in [2.75, 3.05) is 12.4 Å². The van der Waals surface area contributed by atoms with Crippen molar-refractivity contribution >= 4 is 23.2 Å².